The van der Waals surface area contributed by atoms with Gasteiger partial charge in [-0.2, -0.15) is 0 Å². The van der Waals surface area contributed by atoms with E-state index in [-0.39, 0.29) is 0 Å². The summed E-state index contributed by atoms with van der Waals surface area (Å²) >= 11 is 5.75. The lowest BCUT2D eigenvalue weighted by molar-refractivity contribution is 0.481. The zero-order chi connectivity index (χ0) is 11.0. The maximum Gasteiger partial charge on any atom is 0.129 e. The van der Waals surface area contributed by atoms with Crippen LogP contribution in [0.5, 0.6) is 0 Å². The summed E-state index contributed by atoms with van der Waals surface area (Å²) in [4.78, 5) is 4.07. The molecule has 3 rings (SSSR count). The third-order valence-electron chi connectivity index (χ3n) is 3.64. The minimum absolute atomic E-state index is 0.554. The molecule has 2 nitrogen and oxygen atoms in total. The van der Waals surface area contributed by atoms with Crippen LogP contribution in [-0.4, -0.2) is 17.1 Å². The van der Waals surface area contributed by atoms with Gasteiger partial charge in [-0.3, -0.25) is 0 Å². The first-order valence-corrected chi connectivity index (χ1v) is 6.25. The summed E-state index contributed by atoms with van der Waals surface area (Å²) in [5.74, 6) is 0.703. The molecule has 0 saturated carbocycles. The molecule has 2 fully saturated rings. The lowest BCUT2D eigenvalue weighted by atomic mass is 9.89. The van der Waals surface area contributed by atoms with Crippen LogP contribution in [0.3, 0.4) is 0 Å². The smallest absolute Gasteiger partial charge is 0.129 e. The first-order chi connectivity index (χ1) is 7.81. The normalized spacial score (nSPS) is 32.7. The number of nitrogens with zero attached hydrogens (tertiary/aromatic N) is 1. The third-order valence-corrected chi connectivity index (χ3v) is 3.86. The molecule has 1 aromatic heterocycles. The first-order valence-electron chi connectivity index (χ1n) is 5.87. The number of hydrogen-bond acceptors (Lipinski definition) is 2. The van der Waals surface area contributed by atoms with E-state index in [4.69, 9.17) is 11.6 Å². The molecule has 0 aliphatic carbocycles. The van der Waals surface area contributed by atoms with Crippen molar-refractivity contribution in [2.75, 3.05) is 0 Å². The minimum Gasteiger partial charge on any atom is -0.311 e. The molecule has 3 heterocycles. The molecule has 1 N–H and O–H groups in total. The van der Waals surface area contributed by atoms with Gasteiger partial charge in [-0.1, -0.05) is 29.8 Å². The Kier molecular flexibility index (Phi) is 2.70. The first kappa shape index (κ1) is 10.3. The molecule has 3 heteroatoms. The van der Waals surface area contributed by atoms with Crippen LogP contribution in [0.1, 0.15) is 24.8 Å². The van der Waals surface area contributed by atoms with Crippen LogP contribution in [0.4, 0.5) is 0 Å². The fourth-order valence-electron chi connectivity index (χ4n) is 2.80. The summed E-state index contributed by atoms with van der Waals surface area (Å²) in [6.07, 6.45) is 10.3. The maximum absolute atomic E-state index is 5.75. The Bertz CT molecular complexity index is 399. The van der Waals surface area contributed by atoms with Crippen LogP contribution >= 0.6 is 11.6 Å². The summed E-state index contributed by atoms with van der Waals surface area (Å²) in [7, 11) is 0. The minimum atomic E-state index is 0.554. The van der Waals surface area contributed by atoms with Crippen molar-refractivity contribution in [2.45, 2.75) is 31.3 Å². The van der Waals surface area contributed by atoms with Crippen LogP contribution in [0.25, 0.3) is 6.08 Å². The summed E-state index contributed by atoms with van der Waals surface area (Å²) in [6.45, 7) is 0. The molecule has 2 aliphatic heterocycles. The fraction of sp³-hybridized carbons (Fsp3) is 0.462. The van der Waals surface area contributed by atoms with Crippen molar-refractivity contribution in [1.29, 1.82) is 0 Å². The standard InChI is InChI=1S/C13H15ClN2/c14-13-6-2-9(8-15-13)1-3-10-7-11-4-5-12(10)16-11/h1-3,6,8,10-12,16H,4-5,7H2. The van der Waals surface area contributed by atoms with Gasteiger partial charge in [0.15, 0.2) is 0 Å². The number of nitrogens with one attached hydrogen (secondary N) is 1. The quantitative estimate of drug-likeness (QED) is 0.796. The Balaban J connectivity index is 1.68. The molecule has 84 valence electrons. The van der Waals surface area contributed by atoms with Gasteiger partial charge in [0.2, 0.25) is 0 Å². The molecule has 2 aliphatic rings. The van der Waals surface area contributed by atoms with Crippen molar-refractivity contribution < 1.29 is 0 Å². The number of aromatic nitrogens is 1. The molecule has 0 radical (unpaired) electrons. The number of pyridine rings is 1. The van der Waals surface area contributed by atoms with E-state index in [2.05, 4.69) is 22.5 Å². The molecule has 3 unspecified atom stereocenters. The second-order valence-electron chi connectivity index (χ2n) is 4.72. The van der Waals surface area contributed by atoms with E-state index in [1.807, 2.05) is 18.3 Å². The topological polar surface area (TPSA) is 24.9 Å². The molecule has 2 saturated heterocycles. The molecule has 3 atom stereocenters. The van der Waals surface area contributed by atoms with Crippen molar-refractivity contribution in [3.8, 4) is 0 Å². The lowest BCUT2D eigenvalue weighted by Crippen LogP contribution is -2.21. The average molecular weight is 235 g/mol. The number of hydrogen-bond donors (Lipinski definition) is 1. The Morgan fingerprint density at radius 2 is 2.31 bits per heavy atom. The fourth-order valence-corrected chi connectivity index (χ4v) is 2.91. The Morgan fingerprint density at radius 1 is 1.38 bits per heavy atom. The second kappa shape index (κ2) is 4.19. The molecule has 2 bridgehead atoms. The average Bonchev–Trinajstić information content (AvgIpc) is 2.90. The molecule has 0 aromatic carbocycles. The van der Waals surface area contributed by atoms with E-state index in [1.54, 1.807) is 0 Å². The predicted molar refractivity (Wildman–Crippen MR) is 66.3 cm³/mol. The number of rotatable bonds is 2. The van der Waals surface area contributed by atoms with Gasteiger partial charge in [0.1, 0.15) is 5.15 Å². The highest BCUT2D eigenvalue weighted by Gasteiger charge is 2.37. The molecular formula is C13H15ClN2. The van der Waals surface area contributed by atoms with E-state index in [1.165, 1.54) is 19.3 Å². The van der Waals surface area contributed by atoms with Crippen LogP contribution in [0, 0.1) is 5.92 Å². The Hall–Kier alpha value is -0.860. The van der Waals surface area contributed by atoms with Crippen molar-refractivity contribution in [3.63, 3.8) is 0 Å². The van der Waals surface area contributed by atoms with Crippen LogP contribution in [0.2, 0.25) is 5.15 Å². The van der Waals surface area contributed by atoms with E-state index < -0.39 is 0 Å². The number of halogens is 1. The van der Waals surface area contributed by atoms with Gasteiger partial charge in [0.05, 0.1) is 0 Å². The van der Waals surface area contributed by atoms with Gasteiger partial charge >= 0.3 is 0 Å². The van der Waals surface area contributed by atoms with Gasteiger partial charge < -0.3 is 5.32 Å². The SMILES string of the molecule is Clc1ccc(C=CC2CC3CCC2N3)cn1. The predicted octanol–water partition coefficient (Wildman–Crippen LogP) is 2.89. The highest BCUT2D eigenvalue weighted by Crippen LogP contribution is 2.34. The van der Waals surface area contributed by atoms with E-state index in [0.29, 0.717) is 17.1 Å². The molecule has 1 aromatic rings. The largest absolute Gasteiger partial charge is 0.311 e. The van der Waals surface area contributed by atoms with Gasteiger partial charge in [-0.05, 0) is 36.8 Å². The zero-order valence-electron chi connectivity index (χ0n) is 9.07. The Labute approximate surface area is 101 Å². The van der Waals surface area contributed by atoms with E-state index >= 15 is 0 Å². The summed E-state index contributed by atoms with van der Waals surface area (Å²) in [6, 6.07) is 5.32. The van der Waals surface area contributed by atoms with Gasteiger partial charge in [-0.15, -0.1) is 0 Å². The molecule has 0 spiro atoms. The molecular weight excluding hydrogens is 220 g/mol. The summed E-state index contributed by atoms with van der Waals surface area (Å²) in [5, 5.41) is 4.19. The number of fused-ring (bicyclic) bond motifs is 2. The second-order valence-corrected chi connectivity index (χ2v) is 5.11. The monoisotopic (exact) mass is 234 g/mol. The van der Waals surface area contributed by atoms with Gasteiger partial charge in [0.25, 0.3) is 0 Å². The van der Waals surface area contributed by atoms with Gasteiger partial charge in [0, 0.05) is 18.3 Å². The van der Waals surface area contributed by atoms with Crippen molar-refractivity contribution in [1.82, 2.24) is 10.3 Å². The van der Waals surface area contributed by atoms with E-state index in [0.717, 1.165) is 11.6 Å². The highest BCUT2D eigenvalue weighted by molar-refractivity contribution is 6.29. The van der Waals surface area contributed by atoms with Crippen LogP contribution < -0.4 is 5.32 Å². The van der Waals surface area contributed by atoms with Crippen LogP contribution in [0.15, 0.2) is 24.4 Å². The highest BCUT2D eigenvalue weighted by atomic mass is 35.5. The third kappa shape index (κ3) is 2.00. The van der Waals surface area contributed by atoms with Crippen molar-refractivity contribution >= 4 is 17.7 Å². The van der Waals surface area contributed by atoms with Crippen molar-refractivity contribution in [3.05, 3.63) is 35.1 Å². The molecule has 16 heavy (non-hydrogen) atoms. The van der Waals surface area contributed by atoms with E-state index in [9.17, 15) is 0 Å². The van der Waals surface area contributed by atoms with Crippen molar-refractivity contribution in [2.24, 2.45) is 5.92 Å². The van der Waals surface area contributed by atoms with Gasteiger partial charge in [-0.25, -0.2) is 4.98 Å². The summed E-state index contributed by atoms with van der Waals surface area (Å²) in [5.41, 5.74) is 1.13. The lowest BCUT2D eigenvalue weighted by Gasteiger charge is -2.15. The maximum atomic E-state index is 5.75. The summed E-state index contributed by atoms with van der Waals surface area (Å²) < 4.78 is 0. The Morgan fingerprint density at radius 3 is 2.94 bits per heavy atom. The zero-order valence-corrected chi connectivity index (χ0v) is 9.82. The van der Waals surface area contributed by atoms with Crippen LogP contribution in [-0.2, 0) is 0 Å². The molecule has 0 amide bonds.